The maximum Gasteiger partial charge on any atom is 0.264 e. The standard InChI is InChI=1S/C38H52N4O7/c1-38(2,3)49-37(46)41-13-11-26(24-8-5-7-22(15-24)23-9-10-30-25(16-23)17-33(43)39-30)29(20-41)36(45)40-31-19-32-35(28-18-27(28)31)48-21-34(44)42(32)12-6-14-47-4/h5,8-10,15-16,19,22,25-30,36-37,40,45-46H,6-7,11-14,17-18,20-21H2,1-4H3,(H,39,43). The van der Waals surface area contributed by atoms with E-state index in [0.29, 0.717) is 32.7 Å². The molecule has 0 aromatic carbocycles. The maximum atomic E-state index is 12.9. The van der Waals surface area contributed by atoms with Gasteiger partial charge in [-0.15, -0.1) is 0 Å². The van der Waals surface area contributed by atoms with Gasteiger partial charge in [-0.1, -0.05) is 36.5 Å². The van der Waals surface area contributed by atoms with E-state index < -0.39 is 18.2 Å². The molecule has 4 N–H and O–H groups in total. The molecule has 11 heteroatoms. The Labute approximate surface area is 289 Å². The van der Waals surface area contributed by atoms with Crippen LogP contribution in [0.3, 0.4) is 0 Å². The van der Waals surface area contributed by atoms with E-state index in [1.807, 2.05) is 31.7 Å². The molecule has 0 radical (unpaired) electrons. The summed E-state index contributed by atoms with van der Waals surface area (Å²) in [6.45, 7) is 7.99. The summed E-state index contributed by atoms with van der Waals surface area (Å²) in [6.07, 6.45) is 17.1. The molecule has 11 nitrogen and oxygen atoms in total. The number of aliphatic hydroxyl groups is 2. The molecule has 3 aliphatic heterocycles. The number of carbonyl (C=O) groups is 2. The van der Waals surface area contributed by atoms with Crippen LogP contribution in [0.1, 0.15) is 52.9 Å². The van der Waals surface area contributed by atoms with Crippen molar-refractivity contribution < 1.29 is 34.0 Å². The lowest BCUT2D eigenvalue weighted by atomic mass is 9.74. The van der Waals surface area contributed by atoms with Gasteiger partial charge in [-0.2, -0.15) is 0 Å². The number of fused-ring (bicyclic) bond motifs is 3. The molecule has 7 rings (SSSR count). The summed E-state index contributed by atoms with van der Waals surface area (Å²) < 4.78 is 17.1. The number of likely N-dealkylation sites (tertiary alicyclic amines) is 1. The van der Waals surface area contributed by atoms with Crippen molar-refractivity contribution in [1.82, 2.24) is 20.4 Å². The first-order chi connectivity index (χ1) is 23.5. The number of nitrogens with zero attached hydrogens (tertiary/aromatic N) is 2. The number of rotatable bonds is 11. The van der Waals surface area contributed by atoms with Crippen LogP contribution in [0.15, 0.2) is 70.8 Å². The summed E-state index contributed by atoms with van der Waals surface area (Å²) >= 11 is 0. The highest BCUT2D eigenvalue weighted by Crippen LogP contribution is 2.54. The molecule has 3 fully saturated rings. The smallest absolute Gasteiger partial charge is 0.264 e. The van der Waals surface area contributed by atoms with Crippen molar-refractivity contribution in [3.8, 4) is 0 Å². The average molecular weight is 677 g/mol. The van der Waals surface area contributed by atoms with Crippen LogP contribution in [0.25, 0.3) is 0 Å². The molecular formula is C38H52N4O7. The molecule has 0 aromatic rings. The molecule has 9 atom stereocenters. The zero-order valence-corrected chi connectivity index (χ0v) is 29.1. The number of allylic oxidation sites excluding steroid dienone is 9. The first-order valence-corrected chi connectivity index (χ1v) is 18.0. The van der Waals surface area contributed by atoms with Gasteiger partial charge in [0.1, 0.15) is 12.0 Å². The maximum absolute atomic E-state index is 12.9. The van der Waals surface area contributed by atoms with Crippen LogP contribution in [0, 0.1) is 35.5 Å². The van der Waals surface area contributed by atoms with Crippen molar-refractivity contribution in [3.63, 3.8) is 0 Å². The fraction of sp³-hybridized carbons (Fsp3) is 0.632. The Morgan fingerprint density at radius 3 is 2.76 bits per heavy atom. The number of hydrogen-bond acceptors (Lipinski definition) is 9. The van der Waals surface area contributed by atoms with Crippen molar-refractivity contribution >= 4 is 11.8 Å². The van der Waals surface area contributed by atoms with Gasteiger partial charge in [-0.25, -0.2) is 0 Å². The number of amides is 2. The number of methoxy groups -OCH3 is 1. The first kappa shape index (κ1) is 34.2. The molecule has 0 bridgehead atoms. The number of nitrogens with one attached hydrogen (secondary N) is 2. The van der Waals surface area contributed by atoms with Crippen LogP contribution in [-0.2, 0) is 23.8 Å². The predicted molar refractivity (Wildman–Crippen MR) is 183 cm³/mol. The van der Waals surface area contributed by atoms with Crippen molar-refractivity contribution in [1.29, 1.82) is 0 Å². The predicted octanol–water partition coefficient (Wildman–Crippen LogP) is 3.07. The molecule has 4 aliphatic carbocycles. The van der Waals surface area contributed by atoms with E-state index >= 15 is 0 Å². The third kappa shape index (κ3) is 7.32. The highest BCUT2D eigenvalue weighted by atomic mass is 16.6. The molecule has 3 heterocycles. The normalized spacial score (nSPS) is 33.8. The highest BCUT2D eigenvalue weighted by Gasteiger charge is 2.51. The van der Waals surface area contributed by atoms with E-state index in [-0.39, 0.29) is 60.0 Å². The van der Waals surface area contributed by atoms with E-state index in [9.17, 15) is 19.8 Å². The summed E-state index contributed by atoms with van der Waals surface area (Å²) in [7, 11) is 1.66. The molecule has 7 aliphatic rings. The molecule has 0 aromatic heterocycles. The Hall–Kier alpha value is -3.22. The van der Waals surface area contributed by atoms with Gasteiger partial charge in [0.05, 0.1) is 17.3 Å². The highest BCUT2D eigenvalue weighted by molar-refractivity contribution is 5.81. The largest absolute Gasteiger partial charge is 0.486 e. The molecule has 0 spiro atoms. The lowest BCUT2D eigenvalue weighted by molar-refractivity contribution is -0.249. The molecule has 2 amide bonds. The summed E-state index contributed by atoms with van der Waals surface area (Å²) in [5.74, 6) is 1.48. The monoisotopic (exact) mass is 676 g/mol. The number of aliphatic hydroxyl groups excluding tert-OH is 2. The molecule has 266 valence electrons. The third-order valence-corrected chi connectivity index (χ3v) is 11.0. The third-order valence-electron chi connectivity index (χ3n) is 11.0. The van der Waals surface area contributed by atoms with Gasteiger partial charge in [0.15, 0.2) is 6.61 Å². The lowest BCUT2D eigenvalue weighted by Gasteiger charge is -2.44. The minimum Gasteiger partial charge on any atom is -0.486 e. The average Bonchev–Trinajstić information content (AvgIpc) is 3.79. The zero-order valence-electron chi connectivity index (χ0n) is 29.1. The Morgan fingerprint density at radius 1 is 1.12 bits per heavy atom. The number of piperidine rings is 1. The van der Waals surface area contributed by atoms with Crippen LogP contribution in [0.4, 0.5) is 0 Å². The van der Waals surface area contributed by atoms with Gasteiger partial charge in [0.2, 0.25) is 12.3 Å². The quantitative estimate of drug-likeness (QED) is 0.193. The van der Waals surface area contributed by atoms with Crippen LogP contribution >= 0.6 is 0 Å². The van der Waals surface area contributed by atoms with Crippen LogP contribution in [-0.4, -0.2) is 96.1 Å². The lowest BCUT2D eigenvalue weighted by Crippen LogP contribution is -2.54. The van der Waals surface area contributed by atoms with Gasteiger partial charge in [-0.05, 0) is 69.6 Å². The van der Waals surface area contributed by atoms with Crippen molar-refractivity contribution in [3.05, 3.63) is 70.8 Å². The van der Waals surface area contributed by atoms with Crippen LogP contribution in [0.5, 0.6) is 0 Å². The topological polar surface area (TPSA) is 133 Å². The minimum atomic E-state index is -1.09. The Kier molecular flexibility index (Phi) is 9.66. The van der Waals surface area contributed by atoms with Crippen LogP contribution in [0.2, 0.25) is 0 Å². The molecule has 49 heavy (non-hydrogen) atoms. The zero-order chi connectivity index (χ0) is 34.4. The second-order valence-electron chi connectivity index (χ2n) is 15.6. The van der Waals surface area contributed by atoms with Crippen molar-refractivity contribution in [2.24, 2.45) is 35.5 Å². The summed E-state index contributed by atoms with van der Waals surface area (Å²) in [4.78, 5) is 28.7. The Bertz CT molecular complexity index is 1500. The summed E-state index contributed by atoms with van der Waals surface area (Å²) in [5.41, 5.74) is 3.60. The molecule has 9 unspecified atom stereocenters. The van der Waals surface area contributed by atoms with Gasteiger partial charge in [0.25, 0.3) is 5.91 Å². The Morgan fingerprint density at radius 2 is 1.96 bits per heavy atom. The number of ether oxygens (including phenoxy) is 3. The SMILES string of the molecule is COCCCN1C(=O)COC2=C1C=C(NC(O)C1CN(C(O)OC(C)(C)C)CCC1C1=CC(C3=CC4CC(=O)NC4C=C3)CC=C1)C1CC21. The fourth-order valence-electron chi connectivity index (χ4n) is 8.46. The summed E-state index contributed by atoms with van der Waals surface area (Å²) in [6, 6.07) is 0.0817. The molecule has 2 saturated heterocycles. The number of hydrogen-bond donors (Lipinski definition) is 4. The van der Waals surface area contributed by atoms with Gasteiger partial charge in [0, 0.05) is 75.1 Å². The fourth-order valence-corrected chi connectivity index (χ4v) is 8.46. The Balaban J connectivity index is 1.13. The van der Waals surface area contributed by atoms with E-state index in [2.05, 4.69) is 47.1 Å². The minimum absolute atomic E-state index is 0.0365. The van der Waals surface area contributed by atoms with E-state index in [4.69, 9.17) is 14.2 Å². The second-order valence-corrected chi connectivity index (χ2v) is 15.6. The van der Waals surface area contributed by atoms with Gasteiger partial charge < -0.3 is 40.0 Å². The van der Waals surface area contributed by atoms with Crippen molar-refractivity contribution in [2.45, 2.75) is 77.2 Å². The second kappa shape index (κ2) is 13.8. The van der Waals surface area contributed by atoms with Gasteiger partial charge >= 0.3 is 0 Å². The van der Waals surface area contributed by atoms with Gasteiger partial charge in [-0.3, -0.25) is 14.5 Å². The molecule has 1 saturated carbocycles. The first-order valence-electron chi connectivity index (χ1n) is 18.0. The summed E-state index contributed by atoms with van der Waals surface area (Å²) in [5, 5.41) is 29.7. The van der Waals surface area contributed by atoms with E-state index in [0.717, 1.165) is 42.8 Å². The molecular weight excluding hydrogens is 624 g/mol. The van der Waals surface area contributed by atoms with Crippen molar-refractivity contribution in [2.75, 3.05) is 40.0 Å². The van der Waals surface area contributed by atoms with E-state index in [1.54, 1.807) is 12.0 Å². The van der Waals surface area contributed by atoms with Crippen LogP contribution < -0.4 is 10.6 Å². The number of carbonyl (C=O) groups excluding carboxylic acids is 2. The van der Waals surface area contributed by atoms with E-state index in [1.165, 1.54) is 11.1 Å².